The number of hydrogen-bond donors (Lipinski definition) is 2. The van der Waals surface area contributed by atoms with Gasteiger partial charge in [0.2, 0.25) is 10.0 Å². The maximum absolute atomic E-state index is 12.1. The highest BCUT2D eigenvalue weighted by molar-refractivity contribution is 7.89. The van der Waals surface area contributed by atoms with Crippen LogP contribution < -0.4 is 4.72 Å². The Balaban J connectivity index is 3.00. The number of aromatic nitrogens is 2. The third-order valence-corrected chi connectivity index (χ3v) is 4.53. The van der Waals surface area contributed by atoms with Crippen molar-refractivity contribution in [2.24, 2.45) is 7.05 Å². The van der Waals surface area contributed by atoms with Gasteiger partial charge in [-0.2, -0.15) is 5.10 Å². The summed E-state index contributed by atoms with van der Waals surface area (Å²) < 4.78 is 28.1. The van der Waals surface area contributed by atoms with Crippen molar-refractivity contribution < 1.29 is 13.5 Å². The Bertz CT molecular complexity index is 455. The summed E-state index contributed by atoms with van der Waals surface area (Å²) in [6.45, 7) is 3.45. The largest absolute Gasteiger partial charge is 0.394 e. The second-order valence-electron chi connectivity index (χ2n) is 4.10. The summed E-state index contributed by atoms with van der Waals surface area (Å²) in [5.74, 6) is 0. The van der Waals surface area contributed by atoms with Crippen LogP contribution in [0.1, 0.15) is 26.7 Å². The van der Waals surface area contributed by atoms with Gasteiger partial charge in [0.05, 0.1) is 18.3 Å². The van der Waals surface area contributed by atoms with Crippen molar-refractivity contribution in [1.82, 2.24) is 14.5 Å². The van der Waals surface area contributed by atoms with Crippen molar-refractivity contribution >= 4 is 10.0 Å². The second-order valence-corrected chi connectivity index (χ2v) is 5.78. The van der Waals surface area contributed by atoms with Gasteiger partial charge in [0, 0.05) is 13.2 Å². The van der Waals surface area contributed by atoms with Crippen LogP contribution in [0.3, 0.4) is 0 Å². The maximum Gasteiger partial charge on any atom is 0.244 e. The smallest absolute Gasteiger partial charge is 0.244 e. The number of aryl methyl sites for hydroxylation is 1. The minimum Gasteiger partial charge on any atom is -0.394 e. The van der Waals surface area contributed by atoms with Crippen molar-refractivity contribution in [3.05, 3.63) is 12.4 Å². The molecule has 0 unspecified atom stereocenters. The van der Waals surface area contributed by atoms with E-state index in [1.54, 1.807) is 7.05 Å². The van der Waals surface area contributed by atoms with E-state index in [0.717, 1.165) is 0 Å². The number of nitrogens with zero attached hydrogens (tertiary/aromatic N) is 2. The molecule has 2 N–H and O–H groups in total. The molecule has 98 valence electrons. The molecule has 7 heteroatoms. The molecule has 0 aliphatic rings. The second kappa shape index (κ2) is 5.16. The lowest BCUT2D eigenvalue weighted by Crippen LogP contribution is -2.50. The summed E-state index contributed by atoms with van der Waals surface area (Å²) in [4.78, 5) is 0.111. The lowest BCUT2D eigenvalue weighted by molar-refractivity contribution is 0.172. The first-order valence-corrected chi connectivity index (χ1v) is 7.01. The van der Waals surface area contributed by atoms with E-state index >= 15 is 0 Å². The van der Waals surface area contributed by atoms with Gasteiger partial charge in [-0.25, -0.2) is 13.1 Å². The standard InChI is InChI=1S/C10H19N3O3S/c1-4-10(5-2,8-14)12-17(15,16)9-6-11-13(3)7-9/h6-7,12,14H,4-5,8H2,1-3H3. The third-order valence-electron chi connectivity index (χ3n) is 3.00. The van der Waals surface area contributed by atoms with Crippen LogP contribution in [0.2, 0.25) is 0 Å². The molecule has 1 aromatic rings. The molecule has 0 aromatic carbocycles. The van der Waals surface area contributed by atoms with Crippen molar-refractivity contribution in [3.8, 4) is 0 Å². The molecule has 0 atom stereocenters. The Morgan fingerprint density at radius 3 is 2.41 bits per heavy atom. The van der Waals surface area contributed by atoms with Crippen LogP contribution in [-0.4, -0.2) is 35.5 Å². The summed E-state index contributed by atoms with van der Waals surface area (Å²) in [6.07, 6.45) is 3.77. The average molecular weight is 261 g/mol. The Kier molecular flexibility index (Phi) is 4.29. The van der Waals surface area contributed by atoms with Crippen molar-refractivity contribution in [2.45, 2.75) is 37.1 Å². The fraction of sp³-hybridized carbons (Fsp3) is 0.700. The summed E-state index contributed by atoms with van der Waals surface area (Å²) >= 11 is 0. The monoisotopic (exact) mass is 261 g/mol. The lowest BCUT2D eigenvalue weighted by atomic mass is 9.96. The molecule has 0 fully saturated rings. The van der Waals surface area contributed by atoms with E-state index in [2.05, 4.69) is 9.82 Å². The number of nitrogens with one attached hydrogen (secondary N) is 1. The molecule has 1 rings (SSSR count). The fourth-order valence-electron chi connectivity index (χ4n) is 1.53. The zero-order chi connectivity index (χ0) is 13.1. The fourth-order valence-corrected chi connectivity index (χ4v) is 3.05. The van der Waals surface area contributed by atoms with Crippen LogP contribution in [0.15, 0.2) is 17.3 Å². The van der Waals surface area contributed by atoms with E-state index in [1.807, 2.05) is 13.8 Å². The van der Waals surface area contributed by atoms with Crippen LogP contribution in [0.25, 0.3) is 0 Å². The van der Waals surface area contributed by atoms with Gasteiger partial charge < -0.3 is 5.11 Å². The van der Waals surface area contributed by atoms with Gasteiger partial charge in [0.15, 0.2) is 0 Å². The van der Waals surface area contributed by atoms with E-state index in [-0.39, 0.29) is 11.5 Å². The molecule has 0 saturated heterocycles. The number of sulfonamides is 1. The van der Waals surface area contributed by atoms with Crippen molar-refractivity contribution in [3.63, 3.8) is 0 Å². The number of hydrogen-bond acceptors (Lipinski definition) is 4. The predicted octanol–water partition coefficient (Wildman–Crippen LogP) is 0.249. The summed E-state index contributed by atoms with van der Waals surface area (Å²) in [5, 5.41) is 13.2. The highest BCUT2D eigenvalue weighted by atomic mass is 32.2. The molecule has 17 heavy (non-hydrogen) atoms. The SMILES string of the molecule is CCC(CC)(CO)NS(=O)(=O)c1cnn(C)c1. The zero-order valence-corrected chi connectivity index (χ0v) is 11.2. The van der Waals surface area contributed by atoms with Crippen LogP contribution >= 0.6 is 0 Å². The highest BCUT2D eigenvalue weighted by Crippen LogP contribution is 2.18. The Hall–Kier alpha value is -0.920. The topological polar surface area (TPSA) is 84.2 Å². The van der Waals surface area contributed by atoms with Crippen LogP contribution in [0.4, 0.5) is 0 Å². The van der Waals surface area contributed by atoms with E-state index < -0.39 is 15.6 Å². The lowest BCUT2D eigenvalue weighted by Gasteiger charge is -2.29. The molecular formula is C10H19N3O3S. The molecule has 0 saturated carbocycles. The van der Waals surface area contributed by atoms with Gasteiger partial charge >= 0.3 is 0 Å². The van der Waals surface area contributed by atoms with Gasteiger partial charge in [-0.05, 0) is 12.8 Å². The highest BCUT2D eigenvalue weighted by Gasteiger charge is 2.31. The van der Waals surface area contributed by atoms with E-state index in [0.29, 0.717) is 12.8 Å². The quantitative estimate of drug-likeness (QED) is 0.769. The maximum atomic E-state index is 12.1. The molecule has 0 bridgehead atoms. The molecule has 0 radical (unpaired) electrons. The first-order valence-electron chi connectivity index (χ1n) is 5.52. The van der Waals surface area contributed by atoms with Gasteiger partial charge in [0.1, 0.15) is 4.90 Å². The van der Waals surface area contributed by atoms with Crippen LogP contribution in [0, 0.1) is 0 Å². The van der Waals surface area contributed by atoms with Gasteiger partial charge in [-0.1, -0.05) is 13.8 Å². The molecule has 1 aromatic heterocycles. The molecule has 0 amide bonds. The minimum atomic E-state index is -3.63. The molecule has 0 aliphatic carbocycles. The average Bonchev–Trinajstić information content (AvgIpc) is 2.74. The van der Waals surface area contributed by atoms with Gasteiger partial charge in [-0.3, -0.25) is 4.68 Å². The Labute approximate surface area is 102 Å². The molecular weight excluding hydrogens is 242 g/mol. The molecule has 0 aliphatic heterocycles. The normalized spacial score (nSPS) is 12.9. The van der Waals surface area contributed by atoms with Crippen molar-refractivity contribution in [2.75, 3.05) is 6.61 Å². The summed E-state index contributed by atoms with van der Waals surface area (Å²) in [5.41, 5.74) is -0.797. The van der Waals surface area contributed by atoms with Gasteiger partial charge in [0.25, 0.3) is 0 Å². The molecule has 6 nitrogen and oxygen atoms in total. The zero-order valence-electron chi connectivity index (χ0n) is 10.3. The minimum absolute atomic E-state index is 0.111. The first-order chi connectivity index (χ1) is 7.89. The Morgan fingerprint density at radius 2 is 2.06 bits per heavy atom. The summed E-state index contributed by atoms with van der Waals surface area (Å²) in [7, 11) is -1.98. The number of rotatable bonds is 6. The predicted molar refractivity (Wildman–Crippen MR) is 63.9 cm³/mol. The van der Waals surface area contributed by atoms with E-state index in [1.165, 1.54) is 17.1 Å². The number of aliphatic hydroxyl groups excluding tert-OH is 1. The van der Waals surface area contributed by atoms with Crippen molar-refractivity contribution in [1.29, 1.82) is 0 Å². The molecule has 0 spiro atoms. The van der Waals surface area contributed by atoms with Gasteiger partial charge in [-0.15, -0.1) is 0 Å². The Morgan fingerprint density at radius 1 is 1.47 bits per heavy atom. The summed E-state index contributed by atoms with van der Waals surface area (Å²) in [6, 6.07) is 0. The van der Waals surface area contributed by atoms with Crippen LogP contribution in [-0.2, 0) is 17.1 Å². The molecule has 1 heterocycles. The van der Waals surface area contributed by atoms with E-state index in [4.69, 9.17) is 0 Å². The van der Waals surface area contributed by atoms with Crippen LogP contribution in [0.5, 0.6) is 0 Å². The van der Waals surface area contributed by atoms with E-state index in [9.17, 15) is 13.5 Å². The number of aliphatic hydroxyl groups is 1. The third kappa shape index (κ3) is 3.05. The first kappa shape index (κ1) is 14.1.